The summed E-state index contributed by atoms with van der Waals surface area (Å²) >= 11 is 0. The first-order valence-corrected chi connectivity index (χ1v) is 7.80. The highest BCUT2D eigenvalue weighted by atomic mass is 16.5. The molecule has 0 spiro atoms. The molecule has 0 bridgehead atoms. The molecule has 4 nitrogen and oxygen atoms in total. The molecule has 0 aromatic heterocycles. The standard InChI is InChI=1S/C17H28N2O2/c1-12-6-5-7-13(2)19(12)11-15(18)14-8-9-16(20-3)17(10-14)21-4/h8-10,12-13,15H,5-7,11,18H2,1-4H3/t12-,13+,15?. The van der Waals surface area contributed by atoms with E-state index in [9.17, 15) is 0 Å². The first-order chi connectivity index (χ1) is 10.1. The van der Waals surface area contributed by atoms with E-state index in [0.29, 0.717) is 12.1 Å². The zero-order valence-corrected chi connectivity index (χ0v) is 13.6. The minimum Gasteiger partial charge on any atom is -0.493 e. The van der Waals surface area contributed by atoms with E-state index in [2.05, 4.69) is 18.7 Å². The lowest BCUT2D eigenvalue weighted by Crippen LogP contribution is -2.46. The summed E-state index contributed by atoms with van der Waals surface area (Å²) in [4.78, 5) is 2.53. The summed E-state index contributed by atoms with van der Waals surface area (Å²) in [6.45, 7) is 5.49. The lowest BCUT2D eigenvalue weighted by molar-refractivity contribution is 0.0961. The molecule has 0 aliphatic carbocycles. The van der Waals surface area contributed by atoms with Crippen LogP contribution in [0.5, 0.6) is 11.5 Å². The molecule has 2 N–H and O–H groups in total. The largest absolute Gasteiger partial charge is 0.493 e. The average molecular weight is 292 g/mol. The molecule has 1 unspecified atom stereocenters. The van der Waals surface area contributed by atoms with E-state index in [4.69, 9.17) is 15.2 Å². The Morgan fingerprint density at radius 2 is 1.76 bits per heavy atom. The first-order valence-electron chi connectivity index (χ1n) is 7.80. The van der Waals surface area contributed by atoms with E-state index in [1.165, 1.54) is 19.3 Å². The molecule has 1 heterocycles. The number of methoxy groups -OCH3 is 2. The molecule has 0 saturated carbocycles. The molecule has 2 rings (SSSR count). The number of hydrogen-bond acceptors (Lipinski definition) is 4. The third-order valence-electron chi connectivity index (χ3n) is 4.62. The highest BCUT2D eigenvalue weighted by molar-refractivity contribution is 5.43. The van der Waals surface area contributed by atoms with Gasteiger partial charge in [-0.2, -0.15) is 0 Å². The van der Waals surface area contributed by atoms with Gasteiger partial charge in [0.15, 0.2) is 11.5 Å². The van der Waals surface area contributed by atoms with Crippen LogP contribution in [0.3, 0.4) is 0 Å². The second-order valence-corrected chi connectivity index (χ2v) is 6.05. The minimum atomic E-state index is -0.00666. The van der Waals surface area contributed by atoms with E-state index in [-0.39, 0.29) is 6.04 Å². The molecular formula is C17H28N2O2. The Labute approximate surface area is 128 Å². The van der Waals surface area contributed by atoms with Crippen molar-refractivity contribution in [2.45, 2.75) is 51.2 Å². The number of nitrogens with two attached hydrogens (primary N) is 1. The van der Waals surface area contributed by atoms with Crippen molar-refractivity contribution >= 4 is 0 Å². The molecule has 1 aromatic rings. The fraction of sp³-hybridized carbons (Fsp3) is 0.647. The zero-order valence-electron chi connectivity index (χ0n) is 13.6. The second kappa shape index (κ2) is 7.14. The van der Waals surface area contributed by atoms with E-state index >= 15 is 0 Å². The van der Waals surface area contributed by atoms with Crippen molar-refractivity contribution in [2.24, 2.45) is 5.73 Å². The van der Waals surface area contributed by atoms with Crippen molar-refractivity contribution in [3.8, 4) is 11.5 Å². The summed E-state index contributed by atoms with van der Waals surface area (Å²) in [5, 5.41) is 0. The van der Waals surface area contributed by atoms with Crippen molar-refractivity contribution in [3.05, 3.63) is 23.8 Å². The Kier molecular flexibility index (Phi) is 5.48. The third-order valence-corrected chi connectivity index (χ3v) is 4.62. The number of likely N-dealkylation sites (tertiary alicyclic amines) is 1. The molecule has 21 heavy (non-hydrogen) atoms. The van der Waals surface area contributed by atoms with E-state index in [1.807, 2.05) is 18.2 Å². The molecule has 1 aliphatic heterocycles. The Hall–Kier alpha value is -1.26. The molecule has 118 valence electrons. The summed E-state index contributed by atoms with van der Waals surface area (Å²) in [6, 6.07) is 7.17. The lowest BCUT2D eigenvalue weighted by atomic mass is 9.95. The smallest absolute Gasteiger partial charge is 0.161 e. The minimum absolute atomic E-state index is 0.00666. The van der Waals surface area contributed by atoms with Gasteiger partial charge in [-0.3, -0.25) is 4.90 Å². The molecule has 1 aliphatic rings. The Morgan fingerprint density at radius 1 is 1.14 bits per heavy atom. The van der Waals surface area contributed by atoms with Crippen LogP contribution in [0.1, 0.15) is 44.7 Å². The first kappa shape index (κ1) is 16.1. The quantitative estimate of drug-likeness (QED) is 0.906. The van der Waals surface area contributed by atoms with Crippen LogP contribution in [0.4, 0.5) is 0 Å². The fourth-order valence-electron chi connectivity index (χ4n) is 3.25. The van der Waals surface area contributed by atoms with Gasteiger partial charge in [0.25, 0.3) is 0 Å². The molecule has 0 amide bonds. The predicted molar refractivity (Wildman–Crippen MR) is 86.0 cm³/mol. The van der Waals surface area contributed by atoms with Gasteiger partial charge in [-0.25, -0.2) is 0 Å². The average Bonchev–Trinajstić information content (AvgIpc) is 2.50. The Balaban J connectivity index is 2.10. The topological polar surface area (TPSA) is 47.7 Å². The summed E-state index contributed by atoms with van der Waals surface area (Å²) in [6.07, 6.45) is 3.86. The van der Waals surface area contributed by atoms with Gasteiger partial charge < -0.3 is 15.2 Å². The van der Waals surface area contributed by atoms with Crippen molar-refractivity contribution in [1.82, 2.24) is 4.90 Å². The lowest BCUT2D eigenvalue weighted by Gasteiger charge is -2.40. The van der Waals surface area contributed by atoms with Gasteiger partial charge in [0.1, 0.15) is 0 Å². The highest BCUT2D eigenvalue weighted by Gasteiger charge is 2.26. The van der Waals surface area contributed by atoms with Crippen LogP contribution in [0.2, 0.25) is 0 Å². The van der Waals surface area contributed by atoms with E-state index in [0.717, 1.165) is 23.6 Å². The summed E-state index contributed by atoms with van der Waals surface area (Å²) in [5.74, 6) is 1.48. The van der Waals surface area contributed by atoms with Crippen LogP contribution >= 0.6 is 0 Å². The van der Waals surface area contributed by atoms with Crippen molar-refractivity contribution < 1.29 is 9.47 Å². The highest BCUT2D eigenvalue weighted by Crippen LogP contribution is 2.31. The zero-order chi connectivity index (χ0) is 15.4. The monoisotopic (exact) mass is 292 g/mol. The molecule has 4 heteroatoms. The fourth-order valence-corrected chi connectivity index (χ4v) is 3.25. The number of hydrogen-bond donors (Lipinski definition) is 1. The van der Waals surface area contributed by atoms with Gasteiger partial charge in [-0.05, 0) is 44.4 Å². The van der Waals surface area contributed by atoms with Crippen LogP contribution in [0.25, 0.3) is 0 Å². The van der Waals surface area contributed by atoms with Gasteiger partial charge >= 0.3 is 0 Å². The van der Waals surface area contributed by atoms with Crippen molar-refractivity contribution in [2.75, 3.05) is 20.8 Å². The Morgan fingerprint density at radius 3 is 2.33 bits per heavy atom. The maximum absolute atomic E-state index is 6.43. The summed E-state index contributed by atoms with van der Waals surface area (Å²) in [5.41, 5.74) is 7.52. The predicted octanol–water partition coefficient (Wildman–Crippen LogP) is 2.97. The third kappa shape index (κ3) is 3.69. The molecule has 1 saturated heterocycles. The molecule has 3 atom stereocenters. The van der Waals surface area contributed by atoms with Crippen LogP contribution < -0.4 is 15.2 Å². The number of piperidine rings is 1. The van der Waals surface area contributed by atoms with Crippen LogP contribution in [0, 0.1) is 0 Å². The SMILES string of the molecule is COc1ccc(C(N)CN2[C@H](C)CCC[C@@H]2C)cc1OC. The number of ether oxygens (including phenoxy) is 2. The maximum Gasteiger partial charge on any atom is 0.161 e. The normalized spacial score (nSPS) is 24.6. The molecule has 0 radical (unpaired) electrons. The second-order valence-electron chi connectivity index (χ2n) is 6.05. The maximum atomic E-state index is 6.43. The summed E-state index contributed by atoms with van der Waals surface area (Å²) < 4.78 is 10.6. The van der Waals surface area contributed by atoms with Gasteiger partial charge in [0.2, 0.25) is 0 Å². The Bertz CT molecular complexity index is 454. The number of benzene rings is 1. The van der Waals surface area contributed by atoms with Crippen LogP contribution in [-0.2, 0) is 0 Å². The van der Waals surface area contributed by atoms with Gasteiger partial charge in [-0.15, -0.1) is 0 Å². The molecule has 1 aromatic carbocycles. The molecular weight excluding hydrogens is 264 g/mol. The molecule has 1 fully saturated rings. The number of nitrogens with zero attached hydrogens (tertiary/aromatic N) is 1. The van der Waals surface area contributed by atoms with Crippen LogP contribution in [0.15, 0.2) is 18.2 Å². The van der Waals surface area contributed by atoms with E-state index in [1.54, 1.807) is 14.2 Å². The van der Waals surface area contributed by atoms with Crippen LogP contribution in [-0.4, -0.2) is 37.7 Å². The van der Waals surface area contributed by atoms with Crippen molar-refractivity contribution in [1.29, 1.82) is 0 Å². The van der Waals surface area contributed by atoms with Gasteiger partial charge in [-0.1, -0.05) is 12.5 Å². The van der Waals surface area contributed by atoms with Gasteiger partial charge in [0.05, 0.1) is 14.2 Å². The van der Waals surface area contributed by atoms with Gasteiger partial charge in [0, 0.05) is 24.7 Å². The van der Waals surface area contributed by atoms with Crippen molar-refractivity contribution in [3.63, 3.8) is 0 Å². The summed E-state index contributed by atoms with van der Waals surface area (Å²) in [7, 11) is 3.30. The number of rotatable bonds is 5. The van der Waals surface area contributed by atoms with E-state index < -0.39 is 0 Å².